The number of nitrogens with zero attached hydrogens (tertiary/aromatic N) is 2. The Balaban J connectivity index is 1.91. The molecule has 1 heterocycles. The lowest BCUT2D eigenvalue weighted by Gasteiger charge is -2.24. The van der Waals surface area contributed by atoms with Gasteiger partial charge in [-0.15, -0.1) is 0 Å². The maximum absolute atomic E-state index is 13.6. The molecule has 0 aliphatic carbocycles. The van der Waals surface area contributed by atoms with Crippen LogP contribution >= 0.6 is 0 Å². The standard InChI is InChI=1S/C17H16FN3/c18-16-8-13(10-19)7-14(9-16)12-21-6-5-20-11-15-3-1-2-4-17(15)21/h1-4,7-9,20H,5-6,11-12H2. The third-order valence-electron chi connectivity index (χ3n) is 3.67. The van der Waals surface area contributed by atoms with Gasteiger partial charge in [-0.25, -0.2) is 4.39 Å². The Morgan fingerprint density at radius 1 is 1.24 bits per heavy atom. The fraction of sp³-hybridized carbons (Fsp3) is 0.235. The van der Waals surface area contributed by atoms with Gasteiger partial charge < -0.3 is 10.2 Å². The van der Waals surface area contributed by atoms with Gasteiger partial charge in [0.05, 0.1) is 11.6 Å². The van der Waals surface area contributed by atoms with Crippen LogP contribution in [-0.2, 0) is 13.1 Å². The monoisotopic (exact) mass is 281 g/mol. The molecule has 0 saturated carbocycles. The molecule has 0 spiro atoms. The first-order valence-corrected chi connectivity index (χ1v) is 6.99. The Labute approximate surface area is 123 Å². The summed E-state index contributed by atoms with van der Waals surface area (Å²) in [5.41, 5.74) is 3.60. The zero-order valence-electron chi connectivity index (χ0n) is 11.6. The summed E-state index contributed by atoms with van der Waals surface area (Å²) in [6.07, 6.45) is 0. The summed E-state index contributed by atoms with van der Waals surface area (Å²) in [4.78, 5) is 2.23. The van der Waals surface area contributed by atoms with Gasteiger partial charge in [-0.3, -0.25) is 0 Å². The fourth-order valence-electron chi connectivity index (χ4n) is 2.72. The van der Waals surface area contributed by atoms with Gasteiger partial charge >= 0.3 is 0 Å². The number of nitrogens with one attached hydrogen (secondary N) is 1. The first-order valence-electron chi connectivity index (χ1n) is 6.99. The summed E-state index contributed by atoms with van der Waals surface area (Å²) in [6, 6.07) is 14.8. The first-order chi connectivity index (χ1) is 10.3. The molecule has 0 amide bonds. The zero-order valence-corrected chi connectivity index (χ0v) is 11.6. The van der Waals surface area contributed by atoms with Gasteiger partial charge in [0.1, 0.15) is 5.82 Å². The van der Waals surface area contributed by atoms with E-state index in [1.807, 2.05) is 18.2 Å². The van der Waals surface area contributed by atoms with Crippen LogP contribution in [0.4, 0.5) is 10.1 Å². The highest BCUT2D eigenvalue weighted by Gasteiger charge is 2.15. The normalized spacial score (nSPS) is 14.2. The van der Waals surface area contributed by atoms with Crippen molar-refractivity contribution in [3.63, 3.8) is 0 Å². The van der Waals surface area contributed by atoms with Gasteiger partial charge in [0.15, 0.2) is 0 Å². The quantitative estimate of drug-likeness (QED) is 0.920. The van der Waals surface area contributed by atoms with Gasteiger partial charge in [0, 0.05) is 31.9 Å². The van der Waals surface area contributed by atoms with Crippen molar-refractivity contribution in [3.8, 4) is 6.07 Å². The number of nitriles is 1. The average Bonchev–Trinajstić information content (AvgIpc) is 2.69. The molecule has 2 aromatic carbocycles. The molecule has 3 rings (SSSR count). The molecule has 1 N–H and O–H groups in total. The number of fused-ring (bicyclic) bond motifs is 1. The Bertz CT molecular complexity index is 691. The van der Waals surface area contributed by atoms with Crippen LogP contribution < -0.4 is 10.2 Å². The minimum atomic E-state index is -0.356. The number of hydrogen-bond acceptors (Lipinski definition) is 3. The molecule has 2 aromatic rings. The van der Waals surface area contributed by atoms with Crippen LogP contribution in [0.25, 0.3) is 0 Å². The lowest BCUT2D eigenvalue weighted by molar-refractivity contribution is 0.623. The minimum absolute atomic E-state index is 0.356. The molecule has 0 aromatic heterocycles. The van der Waals surface area contributed by atoms with E-state index in [1.165, 1.54) is 23.4 Å². The summed E-state index contributed by atoms with van der Waals surface area (Å²) in [5, 5.41) is 12.3. The number of anilines is 1. The van der Waals surface area contributed by atoms with Crippen LogP contribution in [-0.4, -0.2) is 13.1 Å². The van der Waals surface area contributed by atoms with Crippen LogP contribution in [0.2, 0.25) is 0 Å². The van der Waals surface area contributed by atoms with Crippen LogP contribution in [0.1, 0.15) is 16.7 Å². The maximum atomic E-state index is 13.6. The van der Waals surface area contributed by atoms with E-state index in [-0.39, 0.29) is 5.82 Å². The number of para-hydroxylation sites is 1. The second-order valence-electron chi connectivity index (χ2n) is 5.19. The molecule has 0 fully saturated rings. The number of benzene rings is 2. The van der Waals surface area contributed by atoms with Crippen LogP contribution in [0.3, 0.4) is 0 Å². The molecular formula is C17H16FN3. The summed E-state index contributed by atoms with van der Waals surface area (Å²) < 4.78 is 13.6. The van der Waals surface area contributed by atoms with E-state index in [2.05, 4.69) is 22.3 Å². The van der Waals surface area contributed by atoms with Crippen molar-refractivity contribution >= 4 is 5.69 Å². The number of rotatable bonds is 2. The van der Waals surface area contributed by atoms with Crippen molar-refractivity contribution in [2.75, 3.05) is 18.0 Å². The first kappa shape index (κ1) is 13.6. The van der Waals surface area contributed by atoms with E-state index in [0.29, 0.717) is 12.1 Å². The van der Waals surface area contributed by atoms with Gasteiger partial charge in [0.2, 0.25) is 0 Å². The Hall–Kier alpha value is -2.38. The van der Waals surface area contributed by atoms with Crippen molar-refractivity contribution in [2.45, 2.75) is 13.1 Å². The van der Waals surface area contributed by atoms with Crippen molar-refractivity contribution in [1.82, 2.24) is 5.32 Å². The highest BCUT2D eigenvalue weighted by atomic mass is 19.1. The molecule has 21 heavy (non-hydrogen) atoms. The topological polar surface area (TPSA) is 39.1 Å². The van der Waals surface area contributed by atoms with Crippen molar-refractivity contribution in [1.29, 1.82) is 5.26 Å². The van der Waals surface area contributed by atoms with Crippen LogP contribution in [0.5, 0.6) is 0 Å². The van der Waals surface area contributed by atoms with Gasteiger partial charge in [-0.2, -0.15) is 5.26 Å². The van der Waals surface area contributed by atoms with Gasteiger partial charge in [-0.1, -0.05) is 18.2 Å². The zero-order chi connectivity index (χ0) is 14.7. The predicted molar refractivity (Wildman–Crippen MR) is 80.3 cm³/mol. The van der Waals surface area contributed by atoms with Gasteiger partial charge in [0.25, 0.3) is 0 Å². The Morgan fingerprint density at radius 3 is 2.95 bits per heavy atom. The minimum Gasteiger partial charge on any atom is -0.366 e. The number of halogens is 1. The lowest BCUT2D eigenvalue weighted by Crippen LogP contribution is -2.28. The second-order valence-corrected chi connectivity index (χ2v) is 5.19. The largest absolute Gasteiger partial charge is 0.366 e. The highest BCUT2D eigenvalue weighted by Crippen LogP contribution is 2.24. The van der Waals surface area contributed by atoms with Crippen molar-refractivity contribution in [3.05, 3.63) is 65.0 Å². The summed E-state index contributed by atoms with van der Waals surface area (Å²) >= 11 is 0. The molecule has 0 saturated heterocycles. The SMILES string of the molecule is N#Cc1cc(F)cc(CN2CCNCc3ccccc32)c1. The average molecular weight is 281 g/mol. The Morgan fingerprint density at radius 2 is 2.10 bits per heavy atom. The molecule has 0 atom stereocenters. The summed E-state index contributed by atoms with van der Waals surface area (Å²) in [7, 11) is 0. The fourth-order valence-corrected chi connectivity index (χ4v) is 2.72. The smallest absolute Gasteiger partial charge is 0.124 e. The predicted octanol–water partition coefficient (Wildman–Crippen LogP) is 2.81. The highest BCUT2D eigenvalue weighted by molar-refractivity contribution is 5.55. The number of hydrogen-bond donors (Lipinski definition) is 1. The van der Waals surface area contributed by atoms with E-state index in [1.54, 1.807) is 6.07 Å². The van der Waals surface area contributed by atoms with Gasteiger partial charge in [-0.05, 0) is 35.4 Å². The van der Waals surface area contributed by atoms with E-state index < -0.39 is 0 Å². The molecule has 0 bridgehead atoms. The Kier molecular flexibility index (Phi) is 3.85. The lowest BCUT2D eigenvalue weighted by atomic mass is 10.1. The molecule has 3 nitrogen and oxygen atoms in total. The molecule has 0 unspecified atom stereocenters. The van der Waals surface area contributed by atoms with E-state index in [0.717, 1.165) is 25.2 Å². The molecular weight excluding hydrogens is 265 g/mol. The van der Waals surface area contributed by atoms with E-state index in [4.69, 9.17) is 5.26 Å². The van der Waals surface area contributed by atoms with E-state index >= 15 is 0 Å². The van der Waals surface area contributed by atoms with Crippen LogP contribution in [0.15, 0.2) is 42.5 Å². The van der Waals surface area contributed by atoms with Crippen LogP contribution in [0, 0.1) is 17.1 Å². The molecule has 1 aliphatic rings. The third-order valence-corrected chi connectivity index (χ3v) is 3.67. The summed E-state index contributed by atoms with van der Waals surface area (Å²) in [5.74, 6) is -0.356. The molecule has 1 aliphatic heterocycles. The van der Waals surface area contributed by atoms with E-state index in [9.17, 15) is 4.39 Å². The maximum Gasteiger partial charge on any atom is 0.124 e. The van der Waals surface area contributed by atoms with Crippen molar-refractivity contribution in [2.24, 2.45) is 0 Å². The molecule has 0 radical (unpaired) electrons. The second kappa shape index (κ2) is 5.94. The third kappa shape index (κ3) is 3.04. The van der Waals surface area contributed by atoms with Crippen molar-refractivity contribution < 1.29 is 4.39 Å². The molecule has 4 heteroatoms. The molecule has 106 valence electrons. The summed E-state index contributed by atoms with van der Waals surface area (Å²) in [6.45, 7) is 3.19.